The molecule has 2 bridgehead atoms. The van der Waals surface area contributed by atoms with Crippen molar-refractivity contribution in [3.8, 4) is 16.9 Å². The predicted octanol–water partition coefficient (Wildman–Crippen LogP) is 5.99. The number of carbonyl (C=O) groups excluding carboxylic acids is 1. The summed E-state index contributed by atoms with van der Waals surface area (Å²) in [6.45, 7) is 0.272. The fourth-order valence-corrected chi connectivity index (χ4v) is 6.58. The second kappa shape index (κ2) is 8.93. The van der Waals surface area contributed by atoms with E-state index in [1.165, 1.54) is 41.5 Å². The molecule has 0 spiro atoms. The Morgan fingerprint density at radius 2 is 1.61 bits per heavy atom. The van der Waals surface area contributed by atoms with Crippen molar-refractivity contribution in [2.45, 2.75) is 55.7 Å². The van der Waals surface area contributed by atoms with Crippen LogP contribution < -0.4 is 4.74 Å². The number of aliphatic hydroxyl groups is 1. The maximum absolute atomic E-state index is 14.2. The van der Waals surface area contributed by atoms with Crippen molar-refractivity contribution in [2.24, 2.45) is 0 Å². The van der Waals surface area contributed by atoms with Crippen LogP contribution >= 0.6 is 0 Å². The molecule has 186 valence electrons. The standard InChI is InChI=1S/C30H30FNO4/c1-35-23-14-19(13-20(31)15-23)30(34)16-21-7-6-8-22(17-30)32(21)29(33)36-18-28-26-11-4-2-9-24(26)25-10-3-5-12-27(25)28/h2-5,9-15,21-22,28,34H,6-8,16-18H2,1H3. The highest BCUT2D eigenvalue weighted by molar-refractivity contribution is 5.79. The summed E-state index contributed by atoms with van der Waals surface area (Å²) in [6.07, 6.45) is 2.93. The summed E-state index contributed by atoms with van der Waals surface area (Å²) in [5, 5.41) is 11.6. The quantitative estimate of drug-likeness (QED) is 0.491. The number of nitrogens with zero attached hydrogens (tertiary/aromatic N) is 1. The molecule has 1 amide bonds. The fourth-order valence-electron chi connectivity index (χ4n) is 6.58. The Labute approximate surface area is 210 Å². The number of amides is 1. The van der Waals surface area contributed by atoms with E-state index in [1.54, 1.807) is 6.07 Å². The highest BCUT2D eigenvalue weighted by Crippen LogP contribution is 2.47. The zero-order valence-corrected chi connectivity index (χ0v) is 20.3. The number of ether oxygens (including phenoxy) is 2. The average molecular weight is 488 g/mol. The number of benzene rings is 3. The van der Waals surface area contributed by atoms with Crippen LogP contribution in [0.25, 0.3) is 11.1 Å². The molecule has 6 heteroatoms. The van der Waals surface area contributed by atoms with Gasteiger partial charge in [-0.3, -0.25) is 0 Å². The van der Waals surface area contributed by atoms with Crippen molar-refractivity contribution in [2.75, 3.05) is 13.7 Å². The first-order chi connectivity index (χ1) is 17.5. The molecule has 2 saturated heterocycles. The molecular formula is C30H30FNO4. The van der Waals surface area contributed by atoms with Gasteiger partial charge in [0.2, 0.25) is 0 Å². The van der Waals surface area contributed by atoms with Crippen LogP contribution in [0.3, 0.4) is 0 Å². The molecule has 0 saturated carbocycles. The van der Waals surface area contributed by atoms with Crippen LogP contribution in [0.5, 0.6) is 5.75 Å². The minimum atomic E-state index is -1.22. The molecule has 1 N–H and O–H groups in total. The lowest BCUT2D eigenvalue weighted by molar-refractivity contribution is -0.0893. The van der Waals surface area contributed by atoms with E-state index in [-0.39, 0.29) is 30.7 Å². The van der Waals surface area contributed by atoms with E-state index < -0.39 is 11.4 Å². The lowest BCUT2D eigenvalue weighted by atomic mass is 9.72. The van der Waals surface area contributed by atoms with Gasteiger partial charge in [0, 0.05) is 36.9 Å². The maximum Gasteiger partial charge on any atom is 0.410 e. The van der Waals surface area contributed by atoms with E-state index in [1.807, 2.05) is 29.2 Å². The Hall–Kier alpha value is -3.38. The third-order valence-electron chi connectivity index (χ3n) is 8.20. The largest absolute Gasteiger partial charge is 0.497 e. The number of carbonyl (C=O) groups is 1. The summed E-state index contributed by atoms with van der Waals surface area (Å²) < 4.78 is 25.4. The second-order valence-corrected chi connectivity index (χ2v) is 10.3. The van der Waals surface area contributed by atoms with Gasteiger partial charge in [0.05, 0.1) is 12.7 Å². The van der Waals surface area contributed by atoms with Crippen molar-refractivity contribution in [1.82, 2.24) is 4.90 Å². The molecule has 2 atom stereocenters. The Balaban J connectivity index is 1.21. The summed E-state index contributed by atoms with van der Waals surface area (Å²) in [4.78, 5) is 15.3. The summed E-state index contributed by atoms with van der Waals surface area (Å²) in [5.74, 6) is -0.0628. The molecule has 5 nitrogen and oxygen atoms in total. The molecule has 0 aromatic heterocycles. The van der Waals surface area contributed by atoms with Crippen LogP contribution in [-0.4, -0.2) is 41.9 Å². The Bertz CT molecular complexity index is 1250. The van der Waals surface area contributed by atoms with Gasteiger partial charge in [-0.2, -0.15) is 0 Å². The van der Waals surface area contributed by atoms with Crippen molar-refractivity contribution in [3.63, 3.8) is 0 Å². The number of hydrogen-bond acceptors (Lipinski definition) is 4. The number of hydrogen-bond donors (Lipinski definition) is 1. The first kappa shape index (κ1) is 23.0. The average Bonchev–Trinajstić information content (AvgIpc) is 3.20. The zero-order chi connectivity index (χ0) is 24.9. The molecule has 3 aromatic carbocycles. The molecular weight excluding hydrogens is 457 g/mol. The highest BCUT2D eigenvalue weighted by atomic mass is 19.1. The van der Waals surface area contributed by atoms with Crippen LogP contribution in [-0.2, 0) is 10.3 Å². The van der Waals surface area contributed by atoms with E-state index in [4.69, 9.17) is 9.47 Å². The molecule has 2 heterocycles. The first-order valence-electron chi connectivity index (χ1n) is 12.7. The number of methoxy groups -OCH3 is 1. The minimum absolute atomic E-state index is 0.00247. The molecule has 2 fully saturated rings. The van der Waals surface area contributed by atoms with E-state index in [9.17, 15) is 14.3 Å². The van der Waals surface area contributed by atoms with E-state index in [2.05, 4.69) is 24.3 Å². The van der Waals surface area contributed by atoms with Gasteiger partial charge in [0.15, 0.2) is 0 Å². The number of fused-ring (bicyclic) bond motifs is 5. The highest BCUT2D eigenvalue weighted by Gasteiger charge is 2.49. The van der Waals surface area contributed by atoms with Crippen LogP contribution in [0, 0.1) is 5.82 Å². The summed E-state index contributed by atoms with van der Waals surface area (Å²) in [7, 11) is 1.48. The summed E-state index contributed by atoms with van der Waals surface area (Å²) >= 11 is 0. The number of rotatable bonds is 4. The topological polar surface area (TPSA) is 59.0 Å². The maximum atomic E-state index is 14.2. The van der Waals surface area contributed by atoms with Gasteiger partial charge in [0.1, 0.15) is 18.2 Å². The van der Waals surface area contributed by atoms with Gasteiger partial charge < -0.3 is 19.5 Å². The van der Waals surface area contributed by atoms with Gasteiger partial charge in [0.25, 0.3) is 0 Å². The Morgan fingerprint density at radius 3 is 2.22 bits per heavy atom. The van der Waals surface area contributed by atoms with Crippen LogP contribution in [0.1, 0.15) is 54.7 Å². The second-order valence-electron chi connectivity index (χ2n) is 10.3. The Kier molecular flexibility index (Phi) is 5.72. The Morgan fingerprint density at radius 1 is 1.00 bits per heavy atom. The SMILES string of the molecule is COc1cc(F)cc(C2(O)CC3CCCC(C2)N3C(=O)OCC2c3ccccc3-c3ccccc32)c1. The number of halogens is 1. The van der Waals surface area contributed by atoms with Gasteiger partial charge in [-0.15, -0.1) is 0 Å². The molecule has 2 unspecified atom stereocenters. The van der Waals surface area contributed by atoms with E-state index >= 15 is 0 Å². The van der Waals surface area contributed by atoms with Crippen LogP contribution in [0.4, 0.5) is 9.18 Å². The smallest absolute Gasteiger partial charge is 0.410 e. The normalized spacial score (nSPS) is 24.7. The predicted molar refractivity (Wildman–Crippen MR) is 134 cm³/mol. The third kappa shape index (κ3) is 3.84. The van der Waals surface area contributed by atoms with Crippen molar-refractivity contribution in [1.29, 1.82) is 0 Å². The number of piperidine rings is 2. The van der Waals surface area contributed by atoms with Crippen molar-refractivity contribution >= 4 is 6.09 Å². The molecule has 6 rings (SSSR count). The van der Waals surface area contributed by atoms with Gasteiger partial charge >= 0.3 is 6.09 Å². The lowest BCUT2D eigenvalue weighted by Gasteiger charge is -2.51. The molecule has 3 aromatic rings. The zero-order valence-electron chi connectivity index (χ0n) is 20.3. The third-order valence-corrected chi connectivity index (χ3v) is 8.20. The van der Waals surface area contributed by atoms with E-state index in [0.717, 1.165) is 19.3 Å². The van der Waals surface area contributed by atoms with E-state index in [0.29, 0.717) is 24.2 Å². The van der Waals surface area contributed by atoms with Crippen molar-refractivity contribution < 1.29 is 23.8 Å². The summed E-state index contributed by atoms with van der Waals surface area (Å²) in [6, 6.07) is 20.6. The van der Waals surface area contributed by atoms with Gasteiger partial charge in [-0.25, -0.2) is 9.18 Å². The lowest BCUT2D eigenvalue weighted by Crippen LogP contribution is -2.59. The van der Waals surface area contributed by atoms with Gasteiger partial charge in [-0.05, 0) is 59.2 Å². The molecule has 0 radical (unpaired) electrons. The minimum Gasteiger partial charge on any atom is -0.497 e. The molecule has 36 heavy (non-hydrogen) atoms. The summed E-state index contributed by atoms with van der Waals surface area (Å²) in [5.41, 5.74) is 4.03. The van der Waals surface area contributed by atoms with Gasteiger partial charge in [-0.1, -0.05) is 48.5 Å². The fraction of sp³-hybridized carbons (Fsp3) is 0.367. The van der Waals surface area contributed by atoms with Crippen LogP contribution in [0.15, 0.2) is 66.7 Å². The van der Waals surface area contributed by atoms with Crippen molar-refractivity contribution in [3.05, 3.63) is 89.2 Å². The molecule has 1 aliphatic carbocycles. The van der Waals surface area contributed by atoms with Crippen LogP contribution in [0.2, 0.25) is 0 Å². The first-order valence-corrected chi connectivity index (χ1v) is 12.7. The molecule has 3 aliphatic rings. The monoisotopic (exact) mass is 487 g/mol. The molecule has 2 aliphatic heterocycles.